The molecule has 1 saturated heterocycles. The van der Waals surface area contributed by atoms with Crippen LogP contribution in [0.5, 0.6) is 5.75 Å². The van der Waals surface area contributed by atoms with E-state index in [0.29, 0.717) is 0 Å². The lowest BCUT2D eigenvalue weighted by atomic mass is 9.91. The summed E-state index contributed by atoms with van der Waals surface area (Å²) in [7, 11) is 2.44. The van der Waals surface area contributed by atoms with Gasteiger partial charge in [0.15, 0.2) is 0 Å². The quantitative estimate of drug-likeness (QED) is 0.270. The molecule has 12 heteroatoms. The van der Waals surface area contributed by atoms with Crippen molar-refractivity contribution < 1.29 is 29.4 Å². The Bertz CT molecular complexity index is 1180. The largest absolute Gasteiger partial charge is 0.508 e. The van der Waals surface area contributed by atoms with E-state index in [9.17, 15) is 29.4 Å². The van der Waals surface area contributed by atoms with Crippen molar-refractivity contribution in [1.82, 2.24) is 16.0 Å². The van der Waals surface area contributed by atoms with Crippen LogP contribution < -0.4 is 21.7 Å². The number of aromatic hydroxyl groups is 1. The van der Waals surface area contributed by atoms with E-state index in [4.69, 9.17) is 5.73 Å². The molecule has 2 aromatic carbocycles. The molecule has 0 radical (unpaired) electrons. The minimum absolute atomic E-state index is 0.0942. The summed E-state index contributed by atoms with van der Waals surface area (Å²) in [5.74, 6) is -3.25. The van der Waals surface area contributed by atoms with Crippen molar-refractivity contribution in [3.63, 3.8) is 0 Å². The molecule has 0 saturated carbocycles. The van der Waals surface area contributed by atoms with Crippen LogP contribution in [0, 0.1) is 0 Å². The van der Waals surface area contributed by atoms with Gasteiger partial charge in [-0.1, -0.05) is 71.0 Å². The molecular weight excluding hydrogens is 540 g/mol. The lowest BCUT2D eigenvalue weighted by Gasteiger charge is -2.32. The van der Waals surface area contributed by atoms with E-state index >= 15 is 0 Å². The highest BCUT2D eigenvalue weighted by Crippen LogP contribution is 2.39. The molecule has 10 nitrogen and oxygen atoms in total. The minimum atomic E-state index is -1.23. The SMILES string of the molecule is C[C@H](c1ccccc1)[C@@H]1NC(=O)C(NC(=O)[C@@H](N)Cc2ccc(O)cc2)CSSC(C)(C)[C@H](C(=O)O)NC1=O. The van der Waals surface area contributed by atoms with Crippen molar-refractivity contribution in [2.45, 2.75) is 62.0 Å². The van der Waals surface area contributed by atoms with Gasteiger partial charge in [0.2, 0.25) is 17.7 Å². The Morgan fingerprint density at radius 3 is 2.33 bits per heavy atom. The number of carboxylic acid groups (broad SMARTS) is 1. The first-order valence-electron chi connectivity index (χ1n) is 12.4. The van der Waals surface area contributed by atoms with Gasteiger partial charge < -0.3 is 31.9 Å². The van der Waals surface area contributed by atoms with Gasteiger partial charge in [0, 0.05) is 11.7 Å². The first-order valence-corrected chi connectivity index (χ1v) is 14.7. The Kier molecular flexibility index (Phi) is 10.3. The molecule has 1 aliphatic rings. The molecule has 39 heavy (non-hydrogen) atoms. The van der Waals surface area contributed by atoms with Crippen molar-refractivity contribution in [2.75, 3.05) is 5.75 Å². The van der Waals surface area contributed by atoms with E-state index in [-0.39, 0.29) is 17.9 Å². The summed E-state index contributed by atoms with van der Waals surface area (Å²) < 4.78 is -0.941. The number of nitrogens with two attached hydrogens (primary N) is 1. The highest BCUT2D eigenvalue weighted by atomic mass is 33.1. The van der Waals surface area contributed by atoms with Gasteiger partial charge in [0.1, 0.15) is 23.9 Å². The summed E-state index contributed by atoms with van der Waals surface area (Å²) in [5, 5.41) is 27.4. The minimum Gasteiger partial charge on any atom is -0.508 e. The van der Waals surface area contributed by atoms with Crippen molar-refractivity contribution in [1.29, 1.82) is 0 Å². The van der Waals surface area contributed by atoms with Crippen molar-refractivity contribution in [2.24, 2.45) is 5.73 Å². The topological polar surface area (TPSA) is 171 Å². The number of aliphatic carboxylic acids is 1. The first kappa shape index (κ1) is 30.3. The monoisotopic (exact) mass is 574 g/mol. The lowest BCUT2D eigenvalue weighted by Crippen LogP contribution is -2.60. The Hall–Kier alpha value is -3.22. The summed E-state index contributed by atoms with van der Waals surface area (Å²) >= 11 is 0. The second kappa shape index (κ2) is 13.2. The Morgan fingerprint density at radius 2 is 1.72 bits per heavy atom. The molecule has 0 spiro atoms. The van der Waals surface area contributed by atoms with Crippen molar-refractivity contribution in [3.8, 4) is 5.75 Å². The fraction of sp³-hybridized carbons (Fsp3) is 0.407. The van der Waals surface area contributed by atoms with E-state index in [1.165, 1.54) is 33.7 Å². The molecular formula is C27H34N4O6S2. The second-order valence-electron chi connectivity index (χ2n) is 9.97. The Labute approximate surface area is 235 Å². The van der Waals surface area contributed by atoms with E-state index in [1.807, 2.05) is 30.3 Å². The number of benzene rings is 2. The molecule has 0 aromatic heterocycles. The van der Waals surface area contributed by atoms with Crippen LogP contribution in [-0.2, 0) is 25.6 Å². The normalized spacial score (nSPS) is 23.3. The first-order chi connectivity index (χ1) is 18.4. The van der Waals surface area contributed by atoms with Crippen molar-refractivity contribution >= 4 is 45.3 Å². The molecule has 1 heterocycles. The lowest BCUT2D eigenvalue weighted by molar-refractivity contribution is -0.143. The molecule has 2 aromatic rings. The predicted molar refractivity (Wildman–Crippen MR) is 152 cm³/mol. The number of hydrogen-bond donors (Lipinski definition) is 6. The fourth-order valence-corrected chi connectivity index (χ4v) is 6.94. The number of carbonyl (C=O) groups excluding carboxylic acids is 3. The second-order valence-corrected chi connectivity index (χ2v) is 13.0. The Balaban J connectivity index is 1.86. The fourth-order valence-electron chi connectivity index (χ4n) is 4.13. The molecule has 7 N–H and O–H groups in total. The van der Waals surface area contributed by atoms with E-state index in [2.05, 4.69) is 16.0 Å². The summed E-state index contributed by atoms with van der Waals surface area (Å²) in [4.78, 5) is 52.0. The third-order valence-electron chi connectivity index (χ3n) is 6.50. The van der Waals surface area contributed by atoms with Gasteiger partial charge in [-0.2, -0.15) is 0 Å². The van der Waals surface area contributed by atoms with Crippen LogP contribution in [0.15, 0.2) is 54.6 Å². The third kappa shape index (κ3) is 8.13. The highest BCUT2D eigenvalue weighted by Gasteiger charge is 2.41. The third-order valence-corrected chi connectivity index (χ3v) is 9.81. The maximum atomic E-state index is 13.5. The summed E-state index contributed by atoms with van der Waals surface area (Å²) in [6, 6.07) is 11.1. The molecule has 3 amide bonds. The number of nitrogens with one attached hydrogen (secondary N) is 3. The molecule has 3 rings (SSSR count). The van der Waals surface area contributed by atoms with Crippen molar-refractivity contribution in [3.05, 3.63) is 65.7 Å². The molecule has 210 valence electrons. The van der Waals surface area contributed by atoms with Crippen LogP contribution in [-0.4, -0.2) is 68.6 Å². The predicted octanol–water partition coefficient (Wildman–Crippen LogP) is 1.78. The van der Waals surface area contributed by atoms with Gasteiger partial charge in [-0.05, 0) is 43.5 Å². The highest BCUT2D eigenvalue weighted by molar-refractivity contribution is 8.77. The maximum absolute atomic E-state index is 13.5. The molecule has 1 unspecified atom stereocenters. The molecule has 0 bridgehead atoms. The zero-order chi connectivity index (χ0) is 28.7. The zero-order valence-corrected chi connectivity index (χ0v) is 23.6. The van der Waals surface area contributed by atoms with Crippen LogP contribution in [0.25, 0.3) is 0 Å². The molecule has 0 aliphatic carbocycles. The average Bonchev–Trinajstić information content (AvgIpc) is 2.91. The number of carbonyl (C=O) groups is 4. The van der Waals surface area contributed by atoms with E-state index in [0.717, 1.165) is 11.1 Å². The number of amides is 3. The molecule has 1 fully saturated rings. The number of rotatable bonds is 7. The Morgan fingerprint density at radius 1 is 1.08 bits per heavy atom. The van der Waals surface area contributed by atoms with Crippen LogP contribution in [0.3, 0.4) is 0 Å². The van der Waals surface area contributed by atoms with Gasteiger partial charge in [-0.3, -0.25) is 14.4 Å². The van der Waals surface area contributed by atoms with Crippen LogP contribution in [0.2, 0.25) is 0 Å². The average molecular weight is 575 g/mol. The van der Waals surface area contributed by atoms with Gasteiger partial charge >= 0.3 is 5.97 Å². The van der Waals surface area contributed by atoms with Gasteiger partial charge in [-0.15, -0.1) is 0 Å². The maximum Gasteiger partial charge on any atom is 0.327 e. The summed E-state index contributed by atoms with van der Waals surface area (Å²) in [5.41, 5.74) is 7.64. The van der Waals surface area contributed by atoms with E-state index < -0.39 is 58.5 Å². The number of hydrogen-bond acceptors (Lipinski definition) is 8. The summed E-state index contributed by atoms with van der Waals surface area (Å²) in [6.45, 7) is 5.17. The number of phenols is 1. The van der Waals surface area contributed by atoms with Gasteiger partial charge in [0.25, 0.3) is 0 Å². The molecule has 1 aliphatic heterocycles. The van der Waals surface area contributed by atoms with Gasteiger partial charge in [-0.25, -0.2) is 4.79 Å². The zero-order valence-electron chi connectivity index (χ0n) is 21.9. The van der Waals surface area contributed by atoms with Crippen LogP contribution >= 0.6 is 21.6 Å². The number of carboxylic acids is 1. The van der Waals surface area contributed by atoms with Crippen LogP contribution in [0.1, 0.15) is 37.8 Å². The van der Waals surface area contributed by atoms with Crippen LogP contribution in [0.4, 0.5) is 0 Å². The summed E-state index contributed by atoms with van der Waals surface area (Å²) in [6.07, 6.45) is 0.186. The van der Waals surface area contributed by atoms with Gasteiger partial charge in [0.05, 0.1) is 10.8 Å². The smallest absolute Gasteiger partial charge is 0.327 e. The standard InChI is InChI=1S/C27H34N4O6S2/c1-15(17-7-5-4-6-8-17)21-25(35)31-22(26(36)37)27(2,3)39-38-14-20(24(34)30-21)29-23(33)19(28)13-16-9-11-18(32)12-10-16/h4-12,15,19-22,32H,13-14,28H2,1-3H3,(H,29,33)(H,30,34)(H,31,35)(H,36,37)/t15-,19+,20?,21+,22+/m1/s1. The van der Waals surface area contributed by atoms with E-state index in [1.54, 1.807) is 32.9 Å². The molecule has 5 atom stereocenters. The number of phenolic OH excluding ortho intramolecular Hbond substituents is 1.